The standard InChI is InChI=1S/C16H21N3OS/c1-3-4-9-17-16(20)11-21-10-15-12(2)18-13-7-5-6-8-14(13)19-15/h5-8H,3-4,9-11H2,1-2H3,(H,17,20). The van der Waals surface area contributed by atoms with Crippen molar-refractivity contribution in [3.63, 3.8) is 0 Å². The smallest absolute Gasteiger partial charge is 0.230 e. The first-order valence-corrected chi connectivity index (χ1v) is 8.43. The molecular formula is C16H21N3OS. The highest BCUT2D eigenvalue weighted by Gasteiger charge is 2.07. The molecule has 0 aliphatic heterocycles. The third-order valence-corrected chi connectivity index (χ3v) is 4.11. The molecule has 1 amide bonds. The van der Waals surface area contributed by atoms with Crippen molar-refractivity contribution < 1.29 is 4.79 Å². The minimum atomic E-state index is 0.0971. The molecule has 0 fully saturated rings. The number of thioether (sulfide) groups is 1. The molecule has 2 aromatic rings. The number of para-hydroxylation sites is 2. The van der Waals surface area contributed by atoms with Gasteiger partial charge >= 0.3 is 0 Å². The molecule has 21 heavy (non-hydrogen) atoms. The molecule has 0 bridgehead atoms. The number of carbonyl (C=O) groups excluding carboxylic acids is 1. The van der Waals surface area contributed by atoms with Gasteiger partial charge in [0.05, 0.1) is 28.2 Å². The molecule has 112 valence electrons. The number of unbranched alkanes of at least 4 members (excludes halogenated alkanes) is 1. The van der Waals surface area contributed by atoms with Gasteiger partial charge in [-0.25, -0.2) is 9.97 Å². The Morgan fingerprint density at radius 2 is 1.95 bits per heavy atom. The molecule has 1 N–H and O–H groups in total. The van der Waals surface area contributed by atoms with Gasteiger partial charge in [0.15, 0.2) is 0 Å². The normalized spacial score (nSPS) is 10.8. The SMILES string of the molecule is CCCCNC(=O)CSCc1nc2ccccc2nc1C. The third-order valence-electron chi connectivity index (χ3n) is 3.17. The topological polar surface area (TPSA) is 54.9 Å². The summed E-state index contributed by atoms with van der Waals surface area (Å²) in [5.41, 5.74) is 3.72. The maximum atomic E-state index is 11.6. The fraction of sp³-hybridized carbons (Fsp3) is 0.438. The van der Waals surface area contributed by atoms with Gasteiger partial charge in [-0.15, -0.1) is 11.8 Å². The van der Waals surface area contributed by atoms with E-state index < -0.39 is 0 Å². The fourth-order valence-corrected chi connectivity index (χ4v) is 2.81. The number of nitrogens with one attached hydrogen (secondary N) is 1. The predicted molar refractivity (Wildman–Crippen MR) is 88.4 cm³/mol. The van der Waals surface area contributed by atoms with Gasteiger partial charge < -0.3 is 5.32 Å². The maximum absolute atomic E-state index is 11.6. The zero-order valence-corrected chi connectivity index (χ0v) is 13.4. The molecule has 5 heteroatoms. The third kappa shape index (κ3) is 4.70. The number of carbonyl (C=O) groups is 1. The molecule has 0 saturated heterocycles. The van der Waals surface area contributed by atoms with E-state index in [9.17, 15) is 4.79 Å². The van der Waals surface area contributed by atoms with Crippen molar-refractivity contribution >= 4 is 28.7 Å². The molecule has 0 spiro atoms. The minimum Gasteiger partial charge on any atom is -0.355 e. The van der Waals surface area contributed by atoms with Crippen molar-refractivity contribution in [2.45, 2.75) is 32.4 Å². The number of aryl methyl sites for hydroxylation is 1. The van der Waals surface area contributed by atoms with Crippen molar-refractivity contribution in [3.8, 4) is 0 Å². The largest absolute Gasteiger partial charge is 0.355 e. The van der Waals surface area contributed by atoms with E-state index in [0.29, 0.717) is 11.5 Å². The average molecular weight is 303 g/mol. The number of hydrogen-bond donors (Lipinski definition) is 1. The van der Waals surface area contributed by atoms with Crippen LogP contribution in [0.4, 0.5) is 0 Å². The van der Waals surface area contributed by atoms with E-state index in [1.807, 2.05) is 31.2 Å². The first kappa shape index (κ1) is 15.8. The van der Waals surface area contributed by atoms with Gasteiger partial charge in [-0.05, 0) is 25.5 Å². The molecule has 0 aliphatic rings. The van der Waals surface area contributed by atoms with Gasteiger partial charge in [-0.2, -0.15) is 0 Å². The van der Waals surface area contributed by atoms with Crippen LogP contribution in [0.3, 0.4) is 0 Å². The molecule has 1 heterocycles. The summed E-state index contributed by atoms with van der Waals surface area (Å²) in [6.45, 7) is 4.85. The number of aromatic nitrogens is 2. The zero-order valence-electron chi connectivity index (χ0n) is 12.6. The van der Waals surface area contributed by atoms with Crippen molar-refractivity contribution in [2.75, 3.05) is 12.3 Å². The lowest BCUT2D eigenvalue weighted by molar-refractivity contribution is -0.118. The molecule has 0 radical (unpaired) electrons. The summed E-state index contributed by atoms with van der Waals surface area (Å²) >= 11 is 1.58. The van der Waals surface area contributed by atoms with Gasteiger partial charge in [0.1, 0.15) is 0 Å². The van der Waals surface area contributed by atoms with Crippen molar-refractivity contribution in [2.24, 2.45) is 0 Å². The number of rotatable bonds is 7. The highest BCUT2D eigenvalue weighted by Crippen LogP contribution is 2.17. The fourth-order valence-electron chi connectivity index (χ4n) is 1.96. The zero-order chi connectivity index (χ0) is 15.1. The van der Waals surface area contributed by atoms with E-state index in [1.165, 1.54) is 0 Å². The Labute approximate surface area is 129 Å². The van der Waals surface area contributed by atoms with E-state index in [4.69, 9.17) is 0 Å². The van der Waals surface area contributed by atoms with Gasteiger partial charge in [0.25, 0.3) is 0 Å². The van der Waals surface area contributed by atoms with Crippen LogP contribution in [0.25, 0.3) is 11.0 Å². The maximum Gasteiger partial charge on any atom is 0.230 e. The second kappa shape index (κ2) is 7.98. The molecule has 0 saturated carbocycles. The van der Waals surface area contributed by atoms with Crippen LogP contribution in [0, 0.1) is 6.92 Å². The number of nitrogens with zero attached hydrogens (tertiary/aromatic N) is 2. The Morgan fingerprint density at radius 1 is 1.24 bits per heavy atom. The summed E-state index contributed by atoms with van der Waals surface area (Å²) in [5, 5.41) is 2.92. The molecule has 1 aromatic carbocycles. The van der Waals surface area contributed by atoms with Crippen LogP contribution in [-0.2, 0) is 10.5 Å². The molecule has 1 aromatic heterocycles. The van der Waals surface area contributed by atoms with E-state index in [-0.39, 0.29) is 5.91 Å². The Morgan fingerprint density at radius 3 is 2.67 bits per heavy atom. The molecule has 2 rings (SSSR count). The second-order valence-corrected chi connectivity index (χ2v) is 5.93. The van der Waals surface area contributed by atoms with Crippen LogP contribution < -0.4 is 5.32 Å². The molecule has 0 unspecified atom stereocenters. The Bertz CT molecular complexity index is 615. The number of amides is 1. The summed E-state index contributed by atoms with van der Waals surface area (Å²) in [4.78, 5) is 20.8. The average Bonchev–Trinajstić information content (AvgIpc) is 2.48. The van der Waals surface area contributed by atoms with E-state index >= 15 is 0 Å². The summed E-state index contributed by atoms with van der Waals surface area (Å²) in [7, 11) is 0. The monoisotopic (exact) mass is 303 g/mol. The summed E-state index contributed by atoms with van der Waals surface area (Å²) < 4.78 is 0. The lowest BCUT2D eigenvalue weighted by atomic mass is 10.2. The Hall–Kier alpha value is -1.62. The Balaban J connectivity index is 1.88. The van der Waals surface area contributed by atoms with Gasteiger partial charge in [0, 0.05) is 12.3 Å². The number of fused-ring (bicyclic) bond motifs is 1. The second-order valence-electron chi connectivity index (χ2n) is 4.94. The first-order chi connectivity index (χ1) is 10.2. The van der Waals surface area contributed by atoms with Gasteiger partial charge in [0.2, 0.25) is 5.91 Å². The van der Waals surface area contributed by atoms with Crippen LogP contribution in [0.2, 0.25) is 0 Å². The van der Waals surface area contributed by atoms with Crippen molar-refractivity contribution in [1.82, 2.24) is 15.3 Å². The lowest BCUT2D eigenvalue weighted by Gasteiger charge is -2.07. The van der Waals surface area contributed by atoms with E-state index in [2.05, 4.69) is 22.2 Å². The number of hydrogen-bond acceptors (Lipinski definition) is 4. The lowest BCUT2D eigenvalue weighted by Crippen LogP contribution is -2.26. The quantitative estimate of drug-likeness (QED) is 0.799. The molecular weight excluding hydrogens is 282 g/mol. The molecule has 0 atom stereocenters. The molecule has 0 aliphatic carbocycles. The number of benzene rings is 1. The highest BCUT2D eigenvalue weighted by atomic mass is 32.2. The van der Waals surface area contributed by atoms with Crippen LogP contribution in [0.5, 0.6) is 0 Å². The van der Waals surface area contributed by atoms with Gasteiger partial charge in [-0.3, -0.25) is 4.79 Å². The van der Waals surface area contributed by atoms with Gasteiger partial charge in [-0.1, -0.05) is 25.5 Å². The van der Waals surface area contributed by atoms with Crippen LogP contribution in [0.1, 0.15) is 31.2 Å². The van der Waals surface area contributed by atoms with Crippen LogP contribution in [-0.4, -0.2) is 28.2 Å². The Kier molecular flexibility index (Phi) is 5.99. The van der Waals surface area contributed by atoms with Crippen molar-refractivity contribution in [1.29, 1.82) is 0 Å². The van der Waals surface area contributed by atoms with E-state index in [0.717, 1.165) is 41.8 Å². The van der Waals surface area contributed by atoms with E-state index in [1.54, 1.807) is 11.8 Å². The summed E-state index contributed by atoms with van der Waals surface area (Å²) in [6, 6.07) is 7.86. The first-order valence-electron chi connectivity index (χ1n) is 7.27. The van der Waals surface area contributed by atoms with Crippen LogP contribution in [0.15, 0.2) is 24.3 Å². The highest BCUT2D eigenvalue weighted by molar-refractivity contribution is 7.99. The molecule has 4 nitrogen and oxygen atoms in total. The summed E-state index contributed by atoms with van der Waals surface area (Å²) in [6.07, 6.45) is 2.13. The summed E-state index contributed by atoms with van der Waals surface area (Å²) in [5.74, 6) is 1.28. The predicted octanol–water partition coefficient (Wildman–Crippen LogP) is 3.09. The van der Waals surface area contributed by atoms with Crippen LogP contribution >= 0.6 is 11.8 Å². The minimum absolute atomic E-state index is 0.0971. The van der Waals surface area contributed by atoms with Crippen molar-refractivity contribution in [3.05, 3.63) is 35.7 Å².